The van der Waals surface area contributed by atoms with Gasteiger partial charge in [-0.25, -0.2) is 23.5 Å². The average molecular weight is 538 g/mol. The third-order valence-corrected chi connectivity index (χ3v) is 5.09. The molecule has 0 spiro atoms. The van der Waals surface area contributed by atoms with Gasteiger partial charge in [-0.05, 0) is 18.2 Å². The van der Waals surface area contributed by atoms with E-state index in [0.717, 1.165) is 13.1 Å². The molecule has 1 unspecified atom stereocenters. The van der Waals surface area contributed by atoms with Crippen molar-refractivity contribution in [1.29, 1.82) is 5.26 Å². The van der Waals surface area contributed by atoms with Gasteiger partial charge in [0, 0.05) is 38.9 Å². The fourth-order valence-electron chi connectivity index (χ4n) is 3.26. The Morgan fingerprint density at radius 1 is 1.24 bits per heavy atom. The number of hydrogen-bond donors (Lipinski definition) is 1. The van der Waals surface area contributed by atoms with Crippen LogP contribution in [0, 0.1) is 17.1 Å². The Balaban J connectivity index is 2.12. The minimum atomic E-state index is -5.03. The van der Waals surface area contributed by atoms with Crippen LogP contribution in [0.25, 0.3) is 5.69 Å². The van der Waals surface area contributed by atoms with Crippen LogP contribution in [0.4, 0.5) is 17.6 Å². The van der Waals surface area contributed by atoms with Gasteiger partial charge in [-0.15, -0.1) is 0 Å². The largest absolute Gasteiger partial charge is 0.479 e. The second-order valence-electron chi connectivity index (χ2n) is 7.59. The van der Waals surface area contributed by atoms with Gasteiger partial charge in [-0.3, -0.25) is 9.36 Å². The van der Waals surface area contributed by atoms with E-state index in [1.54, 1.807) is 6.07 Å². The Morgan fingerprint density at radius 3 is 2.55 bits per heavy atom. The topological polar surface area (TPSA) is 146 Å². The van der Waals surface area contributed by atoms with E-state index >= 15 is 0 Å². The molecule has 0 aliphatic rings. The van der Waals surface area contributed by atoms with Gasteiger partial charge in [0.2, 0.25) is 0 Å². The fraction of sp³-hybridized carbons (Fsp3) is 0.261. The van der Waals surface area contributed by atoms with Gasteiger partial charge < -0.3 is 19.3 Å². The number of methoxy groups -OCH3 is 1. The van der Waals surface area contributed by atoms with Crippen LogP contribution in [-0.2, 0) is 22.8 Å². The summed E-state index contributed by atoms with van der Waals surface area (Å²) in [7, 11) is 2.11. The summed E-state index contributed by atoms with van der Waals surface area (Å²) in [5.74, 6) is -3.59. The Kier molecular flexibility index (Phi) is 8.16. The molecule has 0 aliphatic carbocycles. The summed E-state index contributed by atoms with van der Waals surface area (Å²) in [6, 6.07) is 5.82. The molecule has 0 saturated carbocycles. The van der Waals surface area contributed by atoms with Gasteiger partial charge in [0.05, 0.1) is 17.9 Å². The van der Waals surface area contributed by atoms with Crippen molar-refractivity contribution in [2.45, 2.75) is 18.7 Å². The van der Waals surface area contributed by atoms with E-state index in [2.05, 4.69) is 4.98 Å². The molecule has 0 aliphatic heterocycles. The number of benzene rings is 1. The predicted molar refractivity (Wildman–Crippen MR) is 120 cm³/mol. The number of carboxylic acid groups (broad SMARTS) is 1. The number of ether oxygens (including phenoxy) is 3. The van der Waals surface area contributed by atoms with Crippen LogP contribution in [0.3, 0.4) is 0 Å². The second-order valence-corrected chi connectivity index (χ2v) is 7.59. The van der Waals surface area contributed by atoms with Crippen LogP contribution in [0.1, 0.15) is 17.7 Å². The maximum Gasteiger partial charge on any atom is 0.431 e. The summed E-state index contributed by atoms with van der Waals surface area (Å²) in [5, 5.41) is 18.8. The minimum absolute atomic E-state index is 0.0384. The third-order valence-electron chi connectivity index (χ3n) is 5.09. The molecular weight excluding hydrogens is 520 g/mol. The molecule has 0 radical (unpaired) electrons. The number of hydrogen-bond acceptors (Lipinski definition) is 8. The van der Waals surface area contributed by atoms with Crippen LogP contribution in [-0.4, -0.2) is 45.0 Å². The number of alkyl halides is 3. The second kappa shape index (κ2) is 11.1. The normalized spacial score (nSPS) is 12.0. The van der Waals surface area contributed by atoms with Crippen LogP contribution in [0.5, 0.6) is 17.4 Å². The lowest BCUT2D eigenvalue weighted by molar-refractivity contribution is -0.146. The minimum Gasteiger partial charge on any atom is -0.479 e. The molecule has 3 aromatic rings. The Hall–Kier alpha value is -4.71. The molecule has 1 atom stereocenters. The molecule has 2 aromatic heterocycles. The molecule has 2 heterocycles. The summed E-state index contributed by atoms with van der Waals surface area (Å²) >= 11 is 0. The highest BCUT2D eigenvalue weighted by Crippen LogP contribution is 2.34. The van der Waals surface area contributed by atoms with Crippen molar-refractivity contribution in [3.05, 3.63) is 74.4 Å². The molecular formula is C23H18F4N4O7. The highest BCUT2D eigenvalue weighted by molar-refractivity contribution is 5.72. The van der Waals surface area contributed by atoms with Crippen LogP contribution < -0.4 is 20.7 Å². The zero-order valence-corrected chi connectivity index (χ0v) is 19.7. The zero-order valence-electron chi connectivity index (χ0n) is 19.7. The number of aliphatic carboxylic acids is 1. The van der Waals surface area contributed by atoms with Gasteiger partial charge in [-0.1, -0.05) is 0 Å². The van der Waals surface area contributed by atoms with E-state index < -0.39 is 58.0 Å². The first-order valence-corrected chi connectivity index (χ1v) is 10.5. The van der Waals surface area contributed by atoms with Crippen LogP contribution >= 0.6 is 0 Å². The van der Waals surface area contributed by atoms with Gasteiger partial charge >= 0.3 is 17.8 Å². The van der Waals surface area contributed by atoms with Gasteiger partial charge in [0.1, 0.15) is 23.3 Å². The summed E-state index contributed by atoms with van der Waals surface area (Å²) in [6.07, 6.45) is -5.24. The number of halogens is 4. The Morgan fingerprint density at radius 2 is 1.95 bits per heavy atom. The number of nitrogens with zero attached hydrogens (tertiary/aromatic N) is 4. The summed E-state index contributed by atoms with van der Waals surface area (Å²) < 4.78 is 70.5. The zero-order chi connectivity index (χ0) is 28.2. The van der Waals surface area contributed by atoms with Gasteiger partial charge in [-0.2, -0.15) is 18.4 Å². The Bertz CT molecular complexity index is 1530. The molecule has 0 saturated heterocycles. The van der Waals surface area contributed by atoms with Crippen molar-refractivity contribution in [2.24, 2.45) is 7.05 Å². The average Bonchev–Trinajstić information content (AvgIpc) is 2.85. The van der Waals surface area contributed by atoms with Crippen molar-refractivity contribution < 1.29 is 41.7 Å². The standard InChI is InChI=1S/C23H18F4N4O7/c1-30-18(23(25,26)27)10-19(32)31(22(30)35)14-9-17(12(11-28)8-13(14)24)37-15-4-3-6-29-20(15)38-16(21(33)34)5-7-36-2/h3-4,6,8-10,16H,5,7H2,1-2H3,(H,33,34). The molecule has 0 amide bonds. The molecule has 38 heavy (non-hydrogen) atoms. The first kappa shape index (κ1) is 27.9. The number of aromatic nitrogens is 3. The lowest BCUT2D eigenvalue weighted by Crippen LogP contribution is -2.41. The highest BCUT2D eigenvalue weighted by atomic mass is 19.4. The van der Waals surface area contributed by atoms with E-state index in [0.29, 0.717) is 6.07 Å². The molecule has 200 valence electrons. The van der Waals surface area contributed by atoms with Gasteiger partial charge in [0.25, 0.3) is 11.4 Å². The van der Waals surface area contributed by atoms with E-state index in [4.69, 9.17) is 14.2 Å². The van der Waals surface area contributed by atoms with E-state index in [1.165, 1.54) is 25.4 Å². The van der Waals surface area contributed by atoms with Crippen LogP contribution in [0.2, 0.25) is 0 Å². The van der Waals surface area contributed by atoms with Crippen molar-refractivity contribution in [2.75, 3.05) is 13.7 Å². The van der Waals surface area contributed by atoms with Crippen molar-refractivity contribution in [1.82, 2.24) is 14.1 Å². The van der Waals surface area contributed by atoms with Crippen LogP contribution in [0.15, 0.2) is 46.1 Å². The first-order valence-electron chi connectivity index (χ1n) is 10.5. The maximum absolute atomic E-state index is 14.9. The SMILES string of the molecule is COCCC(Oc1ncccc1Oc1cc(-n2c(=O)cc(C(F)(F)F)n(C)c2=O)c(F)cc1C#N)C(=O)O. The lowest BCUT2D eigenvalue weighted by Gasteiger charge is -2.18. The molecule has 0 bridgehead atoms. The van der Waals surface area contributed by atoms with Gasteiger partial charge in [0.15, 0.2) is 11.9 Å². The lowest BCUT2D eigenvalue weighted by atomic mass is 10.1. The Labute approximate surface area is 210 Å². The fourth-order valence-corrected chi connectivity index (χ4v) is 3.26. The summed E-state index contributed by atoms with van der Waals surface area (Å²) in [5.41, 5.74) is -5.76. The predicted octanol–water partition coefficient (Wildman–Crippen LogP) is 2.62. The molecule has 11 nitrogen and oxygen atoms in total. The number of carbonyl (C=O) groups is 1. The summed E-state index contributed by atoms with van der Waals surface area (Å²) in [6.45, 7) is 0.0384. The smallest absolute Gasteiger partial charge is 0.431 e. The maximum atomic E-state index is 14.9. The number of carboxylic acids is 1. The van der Waals surface area contributed by atoms with E-state index in [-0.39, 0.29) is 39.9 Å². The monoisotopic (exact) mass is 538 g/mol. The van der Waals surface area contributed by atoms with E-state index in [9.17, 15) is 42.3 Å². The van der Waals surface area contributed by atoms with Crippen molar-refractivity contribution in [3.63, 3.8) is 0 Å². The summed E-state index contributed by atoms with van der Waals surface area (Å²) in [4.78, 5) is 40.5. The van der Waals surface area contributed by atoms with Crippen molar-refractivity contribution >= 4 is 5.97 Å². The number of pyridine rings is 1. The highest BCUT2D eigenvalue weighted by Gasteiger charge is 2.35. The molecule has 3 rings (SSSR count). The molecule has 15 heteroatoms. The van der Waals surface area contributed by atoms with Crippen molar-refractivity contribution in [3.8, 4) is 29.1 Å². The third kappa shape index (κ3) is 5.81. The number of rotatable bonds is 9. The molecule has 1 N–H and O–H groups in total. The van der Waals surface area contributed by atoms with E-state index in [1.807, 2.05) is 0 Å². The quantitative estimate of drug-likeness (QED) is 0.406. The molecule has 0 fully saturated rings. The first-order chi connectivity index (χ1) is 17.9. The molecule has 1 aromatic carbocycles. The number of nitriles is 1.